The fourth-order valence-corrected chi connectivity index (χ4v) is 14.4. The third-order valence-electron chi connectivity index (χ3n) is 11.8. The molecule has 9 N–H and O–H groups in total. The third-order valence-corrected chi connectivity index (χ3v) is 18.3. The molecule has 4 aromatic heterocycles. The molecular formula is C39H59N9O23P4S4. The first-order valence-electron chi connectivity index (χ1n) is 23.8. The average molecular weight is 1270 g/mol. The number of methoxy groups -OCH3 is 1. The SMILES string of the molecule is COCCOC1C(OP(O)(=S)OCCCO)[C@@H](COP(=O)(S)OC2C[C@H](n3cc(C)c(=O)[nH]c3=O)O[C@@H]2COP(O)(=S)OC2C[C@H](n3cnc4c(=O)[nH]c(N)nc43)O[C@@H]2COP(O)(=S)OC(C)C)O[C@H]1n1cc(C)c(=O)[nH]c1=O. The van der Waals surface area contributed by atoms with Gasteiger partial charge in [0.1, 0.15) is 49.1 Å². The van der Waals surface area contributed by atoms with Crippen molar-refractivity contribution < 1.29 is 84.2 Å². The Balaban J connectivity index is 1.12. The van der Waals surface area contributed by atoms with Crippen LogP contribution in [0.15, 0.2) is 42.7 Å². The maximum atomic E-state index is 14.4. The topological polar surface area (TPSA) is 417 Å². The Kier molecular flexibility index (Phi) is 21.8. The second kappa shape index (κ2) is 26.9. The van der Waals surface area contributed by atoms with Gasteiger partial charge in [-0.2, -0.15) is 4.98 Å². The standard InChI is InChI=1S/C39H59N9O23P4S4/c1-19(2)68-73(56,77)62-15-25-23(12-28(66-25)48-18-41-29-32(48)42-37(40)43-35(29)52)70-74(57,78)63-16-24-22(11-27(65-24)46-13-20(3)33(50)44-38(46)53)69-75(58,79)64-17-26-30(71-72(55,76)61-8-6-7-49)31(60-10-9-59-5)36(67-26)47-14-21(4)34(51)45-39(47)54/h13-14,18-19,22-28,30-31,36,49H,6-12,15-17H2,1-5H3,(H,55,76)(H,56,77)(H,57,78)(H,58,79)(H,44,50,53)(H,45,51,54)(H3,40,42,43,52)/t22?,23?,24-,25-,26-,27-,28-,30?,31?,36-,72?,73?,74?,75?/m1/s1. The predicted molar refractivity (Wildman–Crippen MR) is 290 cm³/mol. The molecule has 79 heavy (non-hydrogen) atoms. The van der Waals surface area contributed by atoms with Crippen LogP contribution in [0.5, 0.6) is 0 Å². The van der Waals surface area contributed by atoms with E-state index in [1.54, 1.807) is 13.8 Å². The average Bonchev–Trinajstić information content (AvgIpc) is 4.16. The summed E-state index contributed by atoms with van der Waals surface area (Å²) in [6, 6.07) is 0. The molecule has 0 radical (unpaired) electrons. The zero-order valence-corrected chi connectivity index (χ0v) is 49.4. The van der Waals surface area contributed by atoms with Gasteiger partial charge < -0.3 is 71.8 Å². The molecule has 32 nitrogen and oxygen atoms in total. The molecule has 0 aromatic carbocycles. The number of ether oxygens (including phenoxy) is 5. The molecule has 8 unspecified atom stereocenters. The fourth-order valence-electron chi connectivity index (χ4n) is 8.26. The number of aromatic nitrogens is 8. The van der Waals surface area contributed by atoms with Gasteiger partial charge in [0.05, 0.1) is 58.2 Å². The largest absolute Gasteiger partial charge is 0.396 e. The molecule has 14 atom stereocenters. The van der Waals surface area contributed by atoms with Crippen LogP contribution in [0.4, 0.5) is 5.95 Å². The Morgan fingerprint density at radius 2 is 1.32 bits per heavy atom. The summed E-state index contributed by atoms with van der Waals surface area (Å²) in [4.78, 5) is 112. The van der Waals surface area contributed by atoms with Crippen LogP contribution in [0.2, 0.25) is 0 Å². The lowest BCUT2D eigenvalue weighted by Crippen LogP contribution is -2.41. The second-order valence-corrected chi connectivity index (χ2v) is 29.3. The van der Waals surface area contributed by atoms with Crippen molar-refractivity contribution in [1.82, 2.24) is 38.6 Å². The summed E-state index contributed by atoms with van der Waals surface area (Å²) in [6.07, 6.45) is -10.3. The smallest absolute Gasteiger partial charge is 0.386 e. The molecule has 0 saturated carbocycles. The fraction of sp³-hybridized carbons (Fsp3) is 0.667. The molecule has 0 aliphatic carbocycles. The van der Waals surface area contributed by atoms with E-state index in [9.17, 15) is 48.3 Å². The van der Waals surface area contributed by atoms with Crippen LogP contribution in [0.1, 0.15) is 62.9 Å². The number of rotatable bonds is 28. The van der Waals surface area contributed by atoms with Crippen LogP contribution in [-0.2, 0) is 99.9 Å². The molecule has 7 heterocycles. The molecule has 3 fully saturated rings. The minimum Gasteiger partial charge on any atom is -0.396 e. The van der Waals surface area contributed by atoms with Gasteiger partial charge in [0, 0.05) is 50.1 Å². The molecular weight excluding hydrogens is 1210 g/mol. The second-order valence-electron chi connectivity index (χ2n) is 18.0. The van der Waals surface area contributed by atoms with Crippen molar-refractivity contribution >= 4 is 91.7 Å². The number of nitrogens with zero attached hydrogens (tertiary/aromatic N) is 5. The number of nitrogen functional groups attached to an aromatic ring is 1. The summed E-state index contributed by atoms with van der Waals surface area (Å²) in [5, 5.41) is 9.31. The van der Waals surface area contributed by atoms with Gasteiger partial charge in [-0.15, -0.1) is 0 Å². The Morgan fingerprint density at radius 1 is 0.747 bits per heavy atom. The number of thiol groups is 1. The van der Waals surface area contributed by atoms with E-state index in [0.29, 0.717) is 0 Å². The number of nitrogens with one attached hydrogen (secondary N) is 3. The van der Waals surface area contributed by atoms with Gasteiger partial charge in [-0.1, -0.05) is 12.2 Å². The number of hydrogen-bond acceptors (Lipinski definition) is 26. The number of nitrogens with two attached hydrogens (primary N) is 1. The molecule has 442 valence electrons. The highest BCUT2D eigenvalue weighted by molar-refractivity contribution is 8.44. The van der Waals surface area contributed by atoms with Gasteiger partial charge in [-0.3, -0.25) is 56.6 Å². The quantitative estimate of drug-likeness (QED) is 0.0214. The van der Waals surface area contributed by atoms with E-state index in [0.717, 1.165) is 9.13 Å². The van der Waals surface area contributed by atoms with Crippen molar-refractivity contribution in [2.24, 2.45) is 0 Å². The minimum absolute atomic E-state index is 0.0248. The van der Waals surface area contributed by atoms with E-state index in [1.165, 1.54) is 44.2 Å². The van der Waals surface area contributed by atoms with E-state index >= 15 is 0 Å². The summed E-state index contributed by atoms with van der Waals surface area (Å²) in [7, 11) is 1.40. The van der Waals surface area contributed by atoms with Gasteiger partial charge >= 0.3 is 38.3 Å². The van der Waals surface area contributed by atoms with Crippen LogP contribution < -0.4 is 33.8 Å². The highest BCUT2D eigenvalue weighted by Gasteiger charge is 2.52. The molecule has 4 aromatic rings. The highest BCUT2D eigenvalue weighted by Crippen LogP contribution is 2.58. The zero-order chi connectivity index (χ0) is 57.8. The summed E-state index contributed by atoms with van der Waals surface area (Å²) in [6.45, 7) is -13.6. The van der Waals surface area contributed by atoms with E-state index in [2.05, 4.69) is 37.2 Å². The van der Waals surface area contributed by atoms with E-state index in [4.69, 9.17) is 101 Å². The number of aliphatic hydroxyl groups is 1. The molecule has 40 heteroatoms. The number of hydrogen-bond donors (Lipinski definition) is 9. The molecule has 0 amide bonds. The number of anilines is 1. The lowest BCUT2D eigenvalue weighted by atomic mass is 10.1. The summed E-state index contributed by atoms with van der Waals surface area (Å²) in [5.74, 6) is -0.216. The van der Waals surface area contributed by atoms with Crippen molar-refractivity contribution in [3.05, 3.63) is 81.9 Å². The summed E-state index contributed by atoms with van der Waals surface area (Å²) < 4.78 is 93.6. The first-order valence-corrected chi connectivity index (χ1v) is 34.2. The Hall–Kier alpha value is -2.64. The lowest BCUT2D eigenvalue weighted by molar-refractivity contribution is -0.0811. The van der Waals surface area contributed by atoms with Crippen molar-refractivity contribution in [3.8, 4) is 0 Å². The Labute approximate surface area is 467 Å². The molecule has 3 saturated heterocycles. The summed E-state index contributed by atoms with van der Waals surface area (Å²) >= 11 is 20.2. The first kappa shape index (κ1) is 63.9. The molecule has 0 bridgehead atoms. The molecule has 0 spiro atoms. The third kappa shape index (κ3) is 16.8. The van der Waals surface area contributed by atoms with Crippen molar-refractivity contribution in [2.45, 2.75) is 114 Å². The van der Waals surface area contributed by atoms with E-state index < -0.39 is 142 Å². The summed E-state index contributed by atoms with van der Waals surface area (Å²) in [5.41, 5.74) is 2.18. The van der Waals surface area contributed by atoms with Crippen molar-refractivity contribution in [3.63, 3.8) is 0 Å². The van der Waals surface area contributed by atoms with Gasteiger partial charge in [0.15, 0.2) is 17.4 Å². The van der Waals surface area contributed by atoms with Gasteiger partial charge in [-0.25, -0.2) is 19.1 Å². The maximum absolute atomic E-state index is 14.4. The zero-order valence-electron chi connectivity index (χ0n) is 42.5. The molecule has 3 aliphatic heterocycles. The van der Waals surface area contributed by atoms with Gasteiger partial charge in [0.2, 0.25) is 5.95 Å². The van der Waals surface area contributed by atoms with Crippen LogP contribution in [0.25, 0.3) is 11.2 Å². The number of aryl methyl sites for hydroxylation is 2. The van der Waals surface area contributed by atoms with Crippen molar-refractivity contribution in [2.75, 3.05) is 59.1 Å². The van der Waals surface area contributed by atoms with Gasteiger partial charge in [-0.05, 0) is 69.5 Å². The van der Waals surface area contributed by atoms with Crippen LogP contribution in [0, 0.1) is 13.8 Å². The number of H-pyrrole nitrogens is 3. The van der Waals surface area contributed by atoms with Crippen LogP contribution >= 0.6 is 39.2 Å². The first-order chi connectivity index (χ1) is 37.1. The van der Waals surface area contributed by atoms with E-state index in [-0.39, 0.29) is 73.9 Å². The number of aliphatic hydroxyl groups excluding tert-OH is 1. The van der Waals surface area contributed by atoms with Crippen molar-refractivity contribution in [1.29, 1.82) is 0 Å². The van der Waals surface area contributed by atoms with Crippen LogP contribution in [-0.4, -0.2) is 161 Å². The predicted octanol–water partition coefficient (Wildman–Crippen LogP) is 0.641. The Morgan fingerprint density at radius 3 is 1.94 bits per heavy atom. The highest BCUT2D eigenvalue weighted by atomic mass is 32.7. The minimum atomic E-state index is -4.68. The van der Waals surface area contributed by atoms with Gasteiger partial charge in [0.25, 0.3) is 16.7 Å². The molecule has 7 rings (SSSR count). The van der Waals surface area contributed by atoms with E-state index in [1.807, 2.05) is 0 Å². The number of fused-ring (bicyclic) bond motifs is 1. The maximum Gasteiger partial charge on any atom is 0.386 e. The van der Waals surface area contributed by atoms with Crippen LogP contribution in [0.3, 0.4) is 0 Å². The number of aromatic amines is 3. The lowest BCUT2D eigenvalue weighted by Gasteiger charge is -2.28. The Bertz CT molecular complexity index is 3310. The molecule has 3 aliphatic rings. The normalized spacial score (nSPS) is 27.5. The monoisotopic (exact) mass is 1270 g/mol. The number of imidazole rings is 1.